The first kappa shape index (κ1) is 14.0. The van der Waals surface area contributed by atoms with E-state index in [1.165, 1.54) is 12.0 Å². The Morgan fingerprint density at radius 3 is 2.29 bits per heavy atom. The van der Waals surface area contributed by atoms with Crippen LogP contribution in [0.3, 0.4) is 0 Å². The third-order valence-corrected chi connectivity index (χ3v) is 3.31. The number of ether oxygens (including phenoxy) is 1. The second-order valence-electron chi connectivity index (χ2n) is 4.60. The Balaban J connectivity index is 2.56. The molecule has 0 bridgehead atoms. The van der Waals surface area contributed by atoms with Crippen molar-refractivity contribution in [3.63, 3.8) is 0 Å². The standard InChI is InChI=1S/C15H25NO/c1-5-15(16-6-2)12(3)11-13-7-9-14(17-4)10-8-13/h7-10,12,15-16H,5-6,11H2,1-4H3. The Kier molecular flexibility index (Phi) is 6.06. The molecule has 2 heteroatoms. The van der Waals surface area contributed by atoms with Crippen molar-refractivity contribution in [2.75, 3.05) is 13.7 Å². The maximum atomic E-state index is 5.17. The van der Waals surface area contributed by atoms with E-state index in [2.05, 4.69) is 38.2 Å². The highest BCUT2D eigenvalue weighted by atomic mass is 16.5. The van der Waals surface area contributed by atoms with Crippen molar-refractivity contribution in [2.24, 2.45) is 5.92 Å². The van der Waals surface area contributed by atoms with Gasteiger partial charge in [-0.2, -0.15) is 0 Å². The molecular formula is C15H25NO. The van der Waals surface area contributed by atoms with Gasteiger partial charge in [-0.1, -0.05) is 32.9 Å². The highest BCUT2D eigenvalue weighted by Crippen LogP contribution is 2.17. The van der Waals surface area contributed by atoms with Crippen LogP contribution in [0.15, 0.2) is 24.3 Å². The van der Waals surface area contributed by atoms with Gasteiger partial charge < -0.3 is 10.1 Å². The third-order valence-electron chi connectivity index (χ3n) is 3.31. The molecule has 0 aliphatic carbocycles. The van der Waals surface area contributed by atoms with Gasteiger partial charge in [0.15, 0.2) is 0 Å². The van der Waals surface area contributed by atoms with Gasteiger partial charge in [0.2, 0.25) is 0 Å². The summed E-state index contributed by atoms with van der Waals surface area (Å²) in [6, 6.07) is 9.01. The molecule has 2 nitrogen and oxygen atoms in total. The summed E-state index contributed by atoms with van der Waals surface area (Å²) < 4.78 is 5.17. The molecule has 0 aliphatic rings. The number of methoxy groups -OCH3 is 1. The van der Waals surface area contributed by atoms with E-state index in [9.17, 15) is 0 Å². The number of benzene rings is 1. The SMILES string of the molecule is CCNC(CC)C(C)Cc1ccc(OC)cc1. The van der Waals surface area contributed by atoms with E-state index in [0.29, 0.717) is 12.0 Å². The average Bonchev–Trinajstić information content (AvgIpc) is 2.36. The Morgan fingerprint density at radius 1 is 1.18 bits per heavy atom. The average molecular weight is 235 g/mol. The van der Waals surface area contributed by atoms with Gasteiger partial charge in [-0.05, 0) is 43.0 Å². The summed E-state index contributed by atoms with van der Waals surface area (Å²) in [5.41, 5.74) is 1.38. The predicted molar refractivity (Wildman–Crippen MR) is 73.6 cm³/mol. The molecule has 1 aromatic carbocycles. The molecule has 2 atom stereocenters. The summed E-state index contributed by atoms with van der Waals surface area (Å²) in [5.74, 6) is 1.59. The normalized spacial score (nSPS) is 14.4. The lowest BCUT2D eigenvalue weighted by Crippen LogP contribution is -2.35. The van der Waals surface area contributed by atoms with E-state index in [4.69, 9.17) is 4.74 Å². The van der Waals surface area contributed by atoms with Crippen molar-refractivity contribution < 1.29 is 4.74 Å². The summed E-state index contributed by atoms with van der Waals surface area (Å²) in [6.45, 7) is 7.78. The van der Waals surface area contributed by atoms with Crippen molar-refractivity contribution in [1.29, 1.82) is 0 Å². The molecule has 0 amide bonds. The maximum Gasteiger partial charge on any atom is 0.118 e. The molecule has 1 N–H and O–H groups in total. The first-order chi connectivity index (χ1) is 8.21. The number of hydrogen-bond acceptors (Lipinski definition) is 2. The minimum Gasteiger partial charge on any atom is -0.497 e. The second-order valence-corrected chi connectivity index (χ2v) is 4.60. The van der Waals surface area contributed by atoms with Crippen molar-refractivity contribution in [2.45, 2.75) is 39.7 Å². The van der Waals surface area contributed by atoms with Gasteiger partial charge in [-0.3, -0.25) is 0 Å². The molecule has 2 unspecified atom stereocenters. The van der Waals surface area contributed by atoms with Gasteiger partial charge in [-0.25, -0.2) is 0 Å². The lowest BCUT2D eigenvalue weighted by atomic mass is 9.92. The Morgan fingerprint density at radius 2 is 1.82 bits per heavy atom. The van der Waals surface area contributed by atoms with E-state index in [-0.39, 0.29) is 0 Å². The summed E-state index contributed by atoms with van der Waals surface area (Å²) >= 11 is 0. The quantitative estimate of drug-likeness (QED) is 0.783. The molecule has 0 fully saturated rings. The highest BCUT2D eigenvalue weighted by Gasteiger charge is 2.14. The predicted octanol–water partition coefficient (Wildman–Crippen LogP) is 3.26. The Hall–Kier alpha value is -1.02. The van der Waals surface area contributed by atoms with Gasteiger partial charge in [0.05, 0.1) is 7.11 Å². The van der Waals surface area contributed by atoms with E-state index >= 15 is 0 Å². The second kappa shape index (κ2) is 7.33. The fraction of sp³-hybridized carbons (Fsp3) is 0.600. The molecule has 96 valence electrons. The van der Waals surface area contributed by atoms with Gasteiger partial charge >= 0.3 is 0 Å². The molecule has 1 aromatic rings. The van der Waals surface area contributed by atoms with Crippen LogP contribution in [0.5, 0.6) is 5.75 Å². The molecule has 0 aliphatic heterocycles. The summed E-state index contributed by atoms with van der Waals surface area (Å²) in [6.07, 6.45) is 2.31. The molecule has 0 heterocycles. The lowest BCUT2D eigenvalue weighted by Gasteiger charge is -2.23. The molecule has 0 saturated carbocycles. The molecule has 0 aromatic heterocycles. The smallest absolute Gasteiger partial charge is 0.118 e. The highest BCUT2D eigenvalue weighted by molar-refractivity contribution is 5.27. The van der Waals surface area contributed by atoms with E-state index in [1.807, 2.05) is 12.1 Å². The zero-order chi connectivity index (χ0) is 12.7. The van der Waals surface area contributed by atoms with Crippen LogP contribution in [0.2, 0.25) is 0 Å². The molecular weight excluding hydrogens is 210 g/mol. The van der Waals surface area contributed by atoms with Crippen LogP contribution in [0.1, 0.15) is 32.8 Å². The number of rotatable bonds is 7. The Bertz CT molecular complexity index is 307. The van der Waals surface area contributed by atoms with Crippen LogP contribution in [0.25, 0.3) is 0 Å². The third kappa shape index (κ3) is 4.39. The molecule has 1 rings (SSSR count). The zero-order valence-corrected chi connectivity index (χ0v) is 11.5. The Labute approximate surface area is 105 Å². The van der Waals surface area contributed by atoms with Crippen LogP contribution >= 0.6 is 0 Å². The summed E-state index contributed by atoms with van der Waals surface area (Å²) in [7, 11) is 1.70. The van der Waals surface area contributed by atoms with E-state index in [1.54, 1.807) is 7.11 Å². The zero-order valence-electron chi connectivity index (χ0n) is 11.5. The minimum absolute atomic E-state index is 0.613. The first-order valence-electron chi connectivity index (χ1n) is 6.57. The van der Waals surface area contributed by atoms with E-state index < -0.39 is 0 Å². The largest absolute Gasteiger partial charge is 0.497 e. The van der Waals surface area contributed by atoms with Crippen molar-refractivity contribution in [3.05, 3.63) is 29.8 Å². The lowest BCUT2D eigenvalue weighted by molar-refractivity contribution is 0.370. The molecule has 0 spiro atoms. The van der Waals surface area contributed by atoms with Crippen LogP contribution in [0.4, 0.5) is 0 Å². The number of nitrogens with one attached hydrogen (secondary N) is 1. The van der Waals surface area contributed by atoms with Crippen molar-refractivity contribution >= 4 is 0 Å². The van der Waals surface area contributed by atoms with Gasteiger partial charge in [0.25, 0.3) is 0 Å². The van der Waals surface area contributed by atoms with Gasteiger partial charge in [0, 0.05) is 6.04 Å². The monoisotopic (exact) mass is 235 g/mol. The minimum atomic E-state index is 0.613. The maximum absolute atomic E-state index is 5.17. The van der Waals surface area contributed by atoms with Crippen molar-refractivity contribution in [3.8, 4) is 5.75 Å². The molecule has 17 heavy (non-hydrogen) atoms. The topological polar surface area (TPSA) is 21.3 Å². The summed E-state index contributed by atoms with van der Waals surface area (Å²) in [5, 5.41) is 3.55. The van der Waals surface area contributed by atoms with Gasteiger partial charge in [0.1, 0.15) is 5.75 Å². The van der Waals surface area contributed by atoms with Crippen LogP contribution in [-0.2, 0) is 6.42 Å². The molecule has 0 radical (unpaired) electrons. The first-order valence-corrected chi connectivity index (χ1v) is 6.57. The van der Waals surface area contributed by atoms with Crippen LogP contribution in [0, 0.1) is 5.92 Å². The fourth-order valence-corrected chi connectivity index (χ4v) is 2.29. The number of hydrogen-bond donors (Lipinski definition) is 1. The van der Waals surface area contributed by atoms with Crippen LogP contribution in [-0.4, -0.2) is 19.7 Å². The fourth-order valence-electron chi connectivity index (χ4n) is 2.29. The van der Waals surface area contributed by atoms with Gasteiger partial charge in [-0.15, -0.1) is 0 Å². The van der Waals surface area contributed by atoms with Crippen LogP contribution < -0.4 is 10.1 Å². The summed E-state index contributed by atoms with van der Waals surface area (Å²) in [4.78, 5) is 0. The van der Waals surface area contributed by atoms with Crippen molar-refractivity contribution in [1.82, 2.24) is 5.32 Å². The molecule has 0 saturated heterocycles. The van der Waals surface area contributed by atoms with E-state index in [0.717, 1.165) is 18.7 Å².